The fourth-order valence-electron chi connectivity index (χ4n) is 10.5. The molecule has 0 bridgehead atoms. The van der Waals surface area contributed by atoms with Gasteiger partial charge in [-0.3, -0.25) is 0 Å². The van der Waals surface area contributed by atoms with E-state index in [1.165, 1.54) is 0 Å². The summed E-state index contributed by atoms with van der Waals surface area (Å²) >= 11 is 0. The van der Waals surface area contributed by atoms with Crippen molar-refractivity contribution in [2.24, 2.45) is 0 Å². The Balaban J connectivity index is 0.905. The summed E-state index contributed by atoms with van der Waals surface area (Å²) in [4.78, 5) is 25.5. The van der Waals surface area contributed by atoms with Crippen LogP contribution in [0.1, 0.15) is 0 Å². The van der Waals surface area contributed by atoms with Crippen molar-refractivity contribution in [1.29, 1.82) is 0 Å². The summed E-state index contributed by atoms with van der Waals surface area (Å²) in [7, 11) is 0. The number of hydrogen-bond acceptors (Lipinski definition) is 6. The van der Waals surface area contributed by atoms with Gasteiger partial charge in [0.15, 0.2) is 0 Å². The van der Waals surface area contributed by atoms with Crippen molar-refractivity contribution in [3.05, 3.63) is 267 Å². The van der Waals surface area contributed by atoms with Gasteiger partial charge in [-0.05, 0) is 108 Å². The summed E-state index contributed by atoms with van der Waals surface area (Å²) in [5.41, 5.74) is 17.4. The van der Waals surface area contributed by atoms with Crippen molar-refractivity contribution >= 4 is 78.0 Å². The van der Waals surface area contributed by atoms with Crippen molar-refractivity contribution in [3.63, 3.8) is 0 Å². The number of aromatic nitrogens is 6. The molecule has 0 radical (unpaired) electrons. The van der Waals surface area contributed by atoms with Gasteiger partial charge in [0.25, 0.3) is 0 Å². The van der Waals surface area contributed by atoms with Gasteiger partial charge >= 0.3 is 0 Å². The van der Waals surface area contributed by atoms with Crippen molar-refractivity contribution in [2.75, 3.05) is 9.80 Å². The standard InChI is InChI=1S/C66H44N8/c1-3-17-47(18-4-1)73(49-37-33-45(34-38-49)59-43-71-41-11-9-31-63(71)67-59)61-29-15-21-51-53(61)23-13-25-55(51)65-66(70-58-28-8-7-27-57(58)69-65)56-26-14-24-54-52(56)22-16-30-62(54)74(48-19-5-2-6-20-48)50-39-35-46(36-40-50)60-44-72-42-12-10-32-64(72)68-60/h1-44H. The van der Waals surface area contributed by atoms with Gasteiger partial charge in [0.05, 0.1) is 45.2 Å². The van der Waals surface area contributed by atoms with Gasteiger partial charge in [0.2, 0.25) is 0 Å². The first-order chi connectivity index (χ1) is 36.7. The van der Waals surface area contributed by atoms with E-state index in [0.29, 0.717) is 0 Å². The maximum absolute atomic E-state index is 5.52. The van der Waals surface area contributed by atoms with E-state index in [9.17, 15) is 0 Å². The van der Waals surface area contributed by atoms with Crippen LogP contribution in [0.3, 0.4) is 0 Å². The van der Waals surface area contributed by atoms with E-state index >= 15 is 0 Å². The predicted octanol–water partition coefficient (Wildman–Crippen LogP) is 16.8. The van der Waals surface area contributed by atoms with Crippen LogP contribution in [0, 0.1) is 0 Å². The van der Waals surface area contributed by atoms with Gasteiger partial charge in [0, 0.05) is 80.6 Å². The molecule has 0 aliphatic carbocycles. The third-order valence-electron chi connectivity index (χ3n) is 14.0. The highest BCUT2D eigenvalue weighted by molar-refractivity contribution is 6.11. The molecule has 0 spiro atoms. The van der Waals surface area contributed by atoms with Crippen LogP contribution in [-0.2, 0) is 0 Å². The highest BCUT2D eigenvalue weighted by Gasteiger charge is 2.23. The maximum atomic E-state index is 5.52. The van der Waals surface area contributed by atoms with Gasteiger partial charge in [0.1, 0.15) is 11.3 Å². The molecule has 5 heterocycles. The number of fused-ring (bicyclic) bond motifs is 5. The summed E-state index contributed by atoms with van der Waals surface area (Å²) in [6.07, 6.45) is 8.22. The van der Waals surface area contributed by atoms with Gasteiger partial charge in [-0.25, -0.2) is 19.9 Å². The lowest BCUT2D eigenvalue weighted by atomic mass is 9.94. The molecule has 8 nitrogen and oxygen atoms in total. The molecule has 0 N–H and O–H groups in total. The Morgan fingerprint density at radius 1 is 0.284 bits per heavy atom. The molecule has 74 heavy (non-hydrogen) atoms. The van der Waals surface area contributed by atoms with Crippen molar-refractivity contribution in [2.45, 2.75) is 0 Å². The molecule has 8 heteroatoms. The third kappa shape index (κ3) is 7.48. The summed E-state index contributed by atoms with van der Waals surface area (Å²) in [5.74, 6) is 0. The summed E-state index contributed by atoms with van der Waals surface area (Å²) in [6.45, 7) is 0. The summed E-state index contributed by atoms with van der Waals surface area (Å²) in [5, 5.41) is 4.32. The summed E-state index contributed by atoms with van der Waals surface area (Å²) in [6, 6.07) is 85.1. The first-order valence-corrected chi connectivity index (χ1v) is 24.8. The molecule has 0 fully saturated rings. The van der Waals surface area contributed by atoms with Gasteiger partial charge < -0.3 is 18.6 Å². The maximum Gasteiger partial charge on any atom is 0.137 e. The molecule has 9 aromatic carbocycles. The van der Waals surface area contributed by atoms with Crippen LogP contribution < -0.4 is 9.80 Å². The summed E-state index contributed by atoms with van der Waals surface area (Å²) < 4.78 is 4.11. The molecular formula is C66H44N8. The van der Waals surface area contributed by atoms with E-state index in [1.807, 2.05) is 60.9 Å². The molecular weight excluding hydrogens is 905 g/mol. The lowest BCUT2D eigenvalue weighted by Gasteiger charge is -2.27. The first kappa shape index (κ1) is 42.7. The lowest BCUT2D eigenvalue weighted by Crippen LogP contribution is -2.10. The minimum absolute atomic E-state index is 0.815. The van der Waals surface area contributed by atoms with E-state index in [2.05, 4.69) is 225 Å². The molecule has 0 atom stereocenters. The van der Waals surface area contributed by atoms with Gasteiger partial charge in [-0.2, -0.15) is 0 Å². The smallest absolute Gasteiger partial charge is 0.137 e. The SMILES string of the molecule is c1ccc(N(c2ccc(-c3cn4ccccc4n3)cc2)c2cccc3c(-c4nc5ccccc5nc4-c4cccc5c(N(c6ccccc6)c6ccc(-c7cn8ccccc8n7)cc6)cccc45)cccc23)cc1. The number of anilines is 6. The molecule has 0 saturated carbocycles. The lowest BCUT2D eigenvalue weighted by molar-refractivity contribution is 1.19. The second-order valence-electron chi connectivity index (χ2n) is 18.4. The Morgan fingerprint density at radius 2 is 0.662 bits per heavy atom. The first-order valence-electron chi connectivity index (χ1n) is 24.8. The zero-order valence-electron chi connectivity index (χ0n) is 40.0. The number of rotatable bonds is 10. The number of para-hydroxylation sites is 4. The average molecular weight is 949 g/mol. The molecule has 14 aromatic rings. The molecule has 0 aliphatic heterocycles. The van der Waals surface area contributed by atoms with Crippen LogP contribution in [0.15, 0.2) is 267 Å². The number of imidazole rings is 2. The molecule has 14 rings (SSSR count). The Morgan fingerprint density at radius 3 is 1.09 bits per heavy atom. The van der Waals surface area contributed by atoms with Crippen LogP contribution in [0.5, 0.6) is 0 Å². The largest absolute Gasteiger partial charge is 0.310 e. The van der Waals surface area contributed by atoms with Crippen LogP contribution in [0.2, 0.25) is 0 Å². The van der Waals surface area contributed by atoms with E-state index in [1.54, 1.807) is 0 Å². The number of pyridine rings is 2. The number of benzene rings is 9. The van der Waals surface area contributed by atoms with Gasteiger partial charge in [-0.1, -0.05) is 146 Å². The van der Waals surface area contributed by atoms with E-state index in [4.69, 9.17) is 19.9 Å². The monoisotopic (exact) mass is 948 g/mol. The fraction of sp³-hybridized carbons (Fsp3) is 0. The highest BCUT2D eigenvalue weighted by atomic mass is 15.1. The average Bonchev–Trinajstić information content (AvgIpc) is 4.11. The van der Waals surface area contributed by atoms with Crippen LogP contribution in [-0.4, -0.2) is 28.7 Å². The topological polar surface area (TPSA) is 66.9 Å². The zero-order valence-corrected chi connectivity index (χ0v) is 40.0. The predicted molar refractivity (Wildman–Crippen MR) is 303 cm³/mol. The minimum atomic E-state index is 0.815. The molecule has 5 aromatic heterocycles. The van der Waals surface area contributed by atoms with Crippen LogP contribution >= 0.6 is 0 Å². The van der Waals surface area contributed by atoms with Crippen molar-refractivity contribution in [3.8, 4) is 45.0 Å². The van der Waals surface area contributed by atoms with Crippen molar-refractivity contribution in [1.82, 2.24) is 28.7 Å². The molecule has 0 saturated heterocycles. The van der Waals surface area contributed by atoms with Crippen LogP contribution in [0.25, 0.3) is 88.9 Å². The highest BCUT2D eigenvalue weighted by Crippen LogP contribution is 2.46. The van der Waals surface area contributed by atoms with E-state index in [-0.39, 0.29) is 0 Å². The normalized spacial score (nSPS) is 11.5. The number of hydrogen-bond donors (Lipinski definition) is 0. The minimum Gasteiger partial charge on any atom is -0.310 e. The molecule has 0 unspecified atom stereocenters. The van der Waals surface area contributed by atoms with Gasteiger partial charge in [-0.15, -0.1) is 0 Å². The second kappa shape index (κ2) is 17.9. The molecule has 0 amide bonds. The van der Waals surface area contributed by atoms with Crippen molar-refractivity contribution < 1.29 is 0 Å². The Bertz CT molecular complexity index is 4030. The molecule has 348 valence electrons. The van der Waals surface area contributed by atoms with E-state index < -0.39 is 0 Å². The quantitative estimate of drug-likeness (QED) is 0.136. The number of nitrogens with zero attached hydrogens (tertiary/aromatic N) is 8. The zero-order chi connectivity index (χ0) is 49.0. The van der Waals surface area contributed by atoms with E-state index in [0.717, 1.165) is 123 Å². The Kier molecular flexibility index (Phi) is 10.3. The Hall–Kier alpha value is -10.2. The second-order valence-corrected chi connectivity index (χ2v) is 18.4. The molecule has 0 aliphatic rings. The van der Waals surface area contributed by atoms with Crippen LogP contribution in [0.4, 0.5) is 34.1 Å². The Labute approximate surface area is 427 Å². The third-order valence-corrected chi connectivity index (χ3v) is 14.0. The fourth-order valence-corrected chi connectivity index (χ4v) is 10.5.